The van der Waals surface area contributed by atoms with Crippen LogP contribution in [0.5, 0.6) is 0 Å². The minimum Gasteiger partial charge on any atom is -0.486 e. The van der Waals surface area contributed by atoms with Crippen molar-refractivity contribution in [3.63, 3.8) is 0 Å². The van der Waals surface area contributed by atoms with Crippen LogP contribution < -0.4 is 5.19 Å². The molecule has 0 N–H and O–H groups in total. The van der Waals surface area contributed by atoms with E-state index >= 15 is 0 Å². The summed E-state index contributed by atoms with van der Waals surface area (Å²) in [6, 6.07) is 30.6. The van der Waals surface area contributed by atoms with E-state index < -0.39 is 14.9 Å². The second-order valence-electron chi connectivity index (χ2n) is 13.7. The first kappa shape index (κ1) is 32.1. The van der Waals surface area contributed by atoms with E-state index in [-0.39, 0.29) is 31.5 Å². The van der Waals surface area contributed by atoms with Crippen LogP contribution in [0.1, 0.15) is 60.3 Å². The van der Waals surface area contributed by atoms with Crippen LogP contribution in [-0.2, 0) is 20.1 Å². The van der Waals surface area contributed by atoms with Gasteiger partial charge in [-0.3, -0.25) is 4.39 Å². The first-order valence-corrected chi connectivity index (χ1v) is 19.8. The van der Waals surface area contributed by atoms with E-state index in [4.69, 9.17) is 13.5 Å². The fourth-order valence-electron chi connectivity index (χ4n) is 6.06. The maximum Gasteiger partial charge on any atom is 0.192 e. The number of pyridine rings is 2. The molecule has 0 aliphatic carbocycles. The Kier molecular flexibility index (Phi) is 9.65. The number of hydrogen-bond acceptors (Lipinski definition) is 3. The van der Waals surface area contributed by atoms with Crippen LogP contribution in [-0.4, -0.2) is 22.4 Å². The molecule has 0 aliphatic rings. The molecule has 7 heteroatoms. The molecule has 0 saturated heterocycles. The summed E-state index contributed by atoms with van der Waals surface area (Å²) in [7, 11) is -1.53. The van der Waals surface area contributed by atoms with E-state index in [1.807, 2.05) is 12.3 Å². The second-order valence-corrected chi connectivity index (χ2v) is 18.8. The molecule has 253 valence electrons. The zero-order valence-corrected chi connectivity index (χ0v) is 32.2. The minimum absolute atomic E-state index is 0. The molecule has 0 spiro atoms. The molecular formula is C42H42FIrN3OSi-2. The maximum atomic E-state index is 12.7. The van der Waals surface area contributed by atoms with Crippen molar-refractivity contribution in [1.82, 2.24) is 14.4 Å². The Bertz CT molecular complexity index is 2280. The molecule has 3 aromatic carbocycles. The van der Waals surface area contributed by atoms with Crippen LogP contribution in [0, 0.1) is 24.8 Å². The SMILES string of the molecule is CC(C)c1cccc(C(C)C)c1-c1ccnc(-c2[c-]ccc3c2oc2c([Si](C)(C)C)ccn23)c1.[2H]C([2H])([2H])c1ccc(-c2[c-]cc(F)cc2)nc1.[Ir]. The molecule has 0 amide bonds. The van der Waals surface area contributed by atoms with E-state index in [1.165, 1.54) is 51.8 Å². The number of rotatable bonds is 6. The molecule has 4 nitrogen and oxygen atoms in total. The summed E-state index contributed by atoms with van der Waals surface area (Å²) in [6.07, 6.45) is 5.36. The summed E-state index contributed by atoms with van der Waals surface area (Å²) in [5.74, 6) is 0.506. The molecule has 0 fully saturated rings. The molecule has 0 aliphatic heterocycles. The largest absolute Gasteiger partial charge is 0.486 e. The van der Waals surface area contributed by atoms with Gasteiger partial charge in [0.25, 0.3) is 0 Å². The number of aromatic nitrogens is 3. The number of halogens is 1. The van der Waals surface area contributed by atoms with Gasteiger partial charge in [0.2, 0.25) is 0 Å². The zero-order chi connectivity index (χ0) is 36.7. The molecule has 7 rings (SSSR count). The van der Waals surface area contributed by atoms with E-state index in [0.29, 0.717) is 23.1 Å². The predicted octanol–water partition coefficient (Wildman–Crippen LogP) is 11.0. The quantitative estimate of drug-likeness (QED) is 0.124. The van der Waals surface area contributed by atoms with Crippen molar-refractivity contribution in [3.05, 3.63) is 132 Å². The van der Waals surface area contributed by atoms with Crippen LogP contribution in [0.15, 0.2) is 102 Å². The van der Waals surface area contributed by atoms with Crippen molar-refractivity contribution in [2.24, 2.45) is 0 Å². The fraction of sp³-hybridized carbons (Fsp3) is 0.238. The van der Waals surface area contributed by atoms with Crippen molar-refractivity contribution in [3.8, 4) is 33.6 Å². The number of aryl methyl sites for hydroxylation is 1. The monoisotopic (exact) mass is 847 g/mol. The summed E-state index contributed by atoms with van der Waals surface area (Å²) < 4.78 is 43.0. The molecule has 0 bridgehead atoms. The van der Waals surface area contributed by atoms with Crippen LogP contribution in [0.25, 0.3) is 50.5 Å². The summed E-state index contributed by atoms with van der Waals surface area (Å²) >= 11 is 0. The number of oxazole rings is 1. The Morgan fingerprint density at radius 3 is 2.24 bits per heavy atom. The normalized spacial score (nSPS) is 12.7. The Morgan fingerprint density at radius 2 is 1.63 bits per heavy atom. The summed E-state index contributed by atoms with van der Waals surface area (Å²) in [5.41, 5.74) is 11.3. The van der Waals surface area contributed by atoms with Crippen LogP contribution in [0.3, 0.4) is 0 Å². The number of benzene rings is 3. The van der Waals surface area contributed by atoms with Crippen molar-refractivity contribution >= 4 is 30.1 Å². The first-order chi connectivity index (χ1) is 24.1. The summed E-state index contributed by atoms with van der Waals surface area (Å²) in [5, 5.41) is 1.34. The van der Waals surface area contributed by atoms with Crippen molar-refractivity contribution in [1.29, 1.82) is 0 Å². The molecule has 0 atom stereocenters. The average molecular weight is 847 g/mol. The van der Waals surface area contributed by atoms with Crippen molar-refractivity contribution in [2.75, 3.05) is 0 Å². The smallest absolute Gasteiger partial charge is 0.192 e. The molecule has 1 radical (unpaired) electrons. The summed E-state index contributed by atoms with van der Waals surface area (Å²) in [4.78, 5) is 8.80. The molecule has 0 saturated carbocycles. The Balaban J connectivity index is 0.000000245. The van der Waals surface area contributed by atoms with Gasteiger partial charge in [0, 0.05) is 59.3 Å². The van der Waals surface area contributed by atoms with Crippen molar-refractivity contribution < 1.29 is 33.0 Å². The van der Waals surface area contributed by atoms with Crippen LogP contribution in [0.2, 0.25) is 19.6 Å². The standard InChI is InChI=1S/C30H33N2OSi.C12H9FN.Ir/c1-19(2)22-10-8-11-23(20(3)4)28(22)21-14-16-31-25(18-21)24-12-9-13-26-29(24)33-30-27(34(5,6)7)15-17-32(26)30;1-9-2-7-12(14-8-9)10-3-5-11(13)6-4-10;/h8-11,13-20H,1-7H3;2-3,5-8H,1H3;/q2*-1;/i;1D3;. The number of nitrogens with zero attached hydrogens (tertiary/aromatic N) is 3. The van der Waals surface area contributed by atoms with Crippen LogP contribution >= 0.6 is 0 Å². The predicted molar refractivity (Wildman–Crippen MR) is 199 cm³/mol. The van der Waals surface area contributed by atoms with Gasteiger partial charge in [-0.1, -0.05) is 89.3 Å². The third kappa shape index (κ3) is 7.55. The van der Waals surface area contributed by atoms with Gasteiger partial charge in [0.1, 0.15) is 0 Å². The van der Waals surface area contributed by atoms with Gasteiger partial charge in [-0.25, -0.2) is 0 Å². The van der Waals surface area contributed by atoms with Crippen LogP contribution in [0.4, 0.5) is 4.39 Å². The third-order valence-electron chi connectivity index (χ3n) is 8.53. The van der Waals surface area contributed by atoms with E-state index in [9.17, 15) is 4.39 Å². The second kappa shape index (κ2) is 14.8. The summed E-state index contributed by atoms with van der Waals surface area (Å²) in [6.45, 7) is 14.0. The Morgan fingerprint density at radius 1 is 0.878 bits per heavy atom. The first-order valence-electron chi connectivity index (χ1n) is 17.8. The third-order valence-corrected chi connectivity index (χ3v) is 10.5. The van der Waals surface area contributed by atoms with Crippen molar-refractivity contribution in [2.45, 2.75) is 66.0 Å². The van der Waals surface area contributed by atoms with Gasteiger partial charge in [-0.2, -0.15) is 0 Å². The van der Waals surface area contributed by atoms with Gasteiger partial charge in [-0.05, 0) is 70.0 Å². The average Bonchev–Trinajstić information content (AvgIpc) is 3.68. The van der Waals surface area contributed by atoms with Gasteiger partial charge >= 0.3 is 0 Å². The molecule has 0 unspecified atom stereocenters. The number of hydrogen-bond donors (Lipinski definition) is 0. The zero-order valence-electron chi connectivity index (χ0n) is 31.9. The molecule has 7 aromatic rings. The fourth-order valence-corrected chi connectivity index (χ4v) is 7.45. The Hall–Kier alpha value is -4.16. The van der Waals surface area contributed by atoms with E-state index in [0.717, 1.165) is 28.1 Å². The van der Waals surface area contributed by atoms with Gasteiger partial charge in [0.15, 0.2) is 5.71 Å². The molecule has 49 heavy (non-hydrogen) atoms. The van der Waals surface area contributed by atoms with Gasteiger partial charge in [0.05, 0.1) is 13.7 Å². The topological polar surface area (TPSA) is 43.3 Å². The van der Waals surface area contributed by atoms with E-state index in [2.05, 4.69) is 118 Å². The molecular weight excluding hydrogens is 802 g/mol. The van der Waals surface area contributed by atoms with Gasteiger partial charge in [-0.15, -0.1) is 48.0 Å². The molecule has 4 heterocycles. The number of fused-ring (bicyclic) bond motifs is 3. The Labute approximate surface area is 308 Å². The molecule has 4 aromatic heterocycles. The maximum absolute atomic E-state index is 12.7. The van der Waals surface area contributed by atoms with E-state index in [1.54, 1.807) is 12.1 Å². The van der Waals surface area contributed by atoms with Gasteiger partial charge < -0.3 is 18.8 Å². The minimum atomic E-state index is -2.15.